The monoisotopic (exact) mass is 247 g/mol. The van der Waals surface area contributed by atoms with Gasteiger partial charge in [-0.05, 0) is 45.4 Å². The quantitative estimate of drug-likeness (QED) is 0.743. The molecule has 0 atom stereocenters. The summed E-state index contributed by atoms with van der Waals surface area (Å²) in [6, 6.07) is 3.11. The van der Waals surface area contributed by atoms with Crippen molar-refractivity contribution in [3.8, 4) is 0 Å². The number of anilines is 1. The largest absolute Gasteiger partial charge is 0.363 e. The first-order valence-corrected chi connectivity index (χ1v) is 6.17. The van der Waals surface area contributed by atoms with E-state index < -0.39 is 5.82 Å². The van der Waals surface area contributed by atoms with Crippen molar-refractivity contribution in [1.82, 2.24) is 0 Å². The molecule has 18 heavy (non-hydrogen) atoms. The van der Waals surface area contributed by atoms with Gasteiger partial charge >= 0.3 is 0 Å². The summed E-state index contributed by atoms with van der Waals surface area (Å²) in [5, 5.41) is 0. The van der Waals surface area contributed by atoms with E-state index in [9.17, 15) is 9.18 Å². The zero-order chi connectivity index (χ0) is 13.5. The third-order valence-electron chi connectivity index (χ3n) is 3.54. The summed E-state index contributed by atoms with van der Waals surface area (Å²) in [5.74, 6) is -0.451. The van der Waals surface area contributed by atoms with E-state index in [0.717, 1.165) is 23.4 Å². The van der Waals surface area contributed by atoms with Crippen LogP contribution in [-0.2, 0) is 0 Å². The number of halogens is 1. The summed E-state index contributed by atoms with van der Waals surface area (Å²) in [6.45, 7) is 9.05. The normalized spacial score (nSPS) is 17.2. The average Bonchev–Trinajstić information content (AvgIpc) is 2.27. The molecule has 0 fully saturated rings. The molecule has 0 aromatic heterocycles. The minimum absolute atomic E-state index is 0.122. The van der Waals surface area contributed by atoms with Gasteiger partial charge < -0.3 is 4.90 Å². The van der Waals surface area contributed by atoms with Crippen molar-refractivity contribution in [1.29, 1.82) is 0 Å². The third kappa shape index (κ3) is 1.84. The van der Waals surface area contributed by atoms with Gasteiger partial charge in [0.15, 0.2) is 6.29 Å². The standard InChI is InChI=1S/C15H18FNO/c1-5-17-14-7-13(16)11(9-18)6-12(14)10(2)8-15(17,3)4/h6-9H,5H2,1-4H3. The SMILES string of the molecule is CCN1c2cc(F)c(C=O)cc2C(C)=CC1(C)C. The molecule has 0 spiro atoms. The van der Waals surface area contributed by atoms with Crippen molar-refractivity contribution in [2.75, 3.05) is 11.4 Å². The van der Waals surface area contributed by atoms with Gasteiger partial charge in [-0.3, -0.25) is 4.79 Å². The molecule has 1 aromatic rings. The number of hydrogen-bond donors (Lipinski definition) is 0. The Bertz CT molecular complexity index is 532. The molecule has 0 aliphatic carbocycles. The number of fused-ring (bicyclic) bond motifs is 1. The number of rotatable bonds is 2. The van der Waals surface area contributed by atoms with Crippen LogP contribution in [0.3, 0.4) is 0 Å². The van der Waals surface area contributed by atoms with Gasteiger partial charge in [0, 0.05) is 17.8 Å². The van der Waals surface area contributed by atoms with Gasteiger partial charge in [0.1, 0.15) is 5.82 Å². The Labute approximate surface area is 107 Å². The highest BCUT2D eigenvalue weighted by Crippen LogP contribution is 2.39. The van der Waals surface area contributed by atoms with Crippen LogP contribution < -0.4 is 4.90 Å². The number of aldehydes is 1. The van der Waals surface area contributed by atoms with Gasteiger partial charge in [-0.1, -0.05) is 6.08 Å². The molecule has 1 aliphatic heterocycles. The van der Waals surface area contributed by atoms with Crippen LogP contribution in [0.25, 0.3) is 5.57 Å². The summed E-state index contributed by atoms with van der Waals surface area (Å²) in [7, 11) is 0. The summed E-state index contributed by atoms with van der Waals surface area (Å²) in [5.41, 5.74) is 2.88. The number of carbonyl (C=O) groups is 1. The molecule has 96 valence electrons. The molecule has 0 radical (unpaired) electrons. The summed E-state index contributed by atoms with van der Waals surface area (Å²) >= 11 is 0. The van der Waals surface area contributed by atoms with Crippen LogP contribution in [-0.4, -0.2) is 18.4 Å². The zero-order valence-corrected chi connectivity index (χ0v) is 11.2. The first-order valence-electron chi connectivity index (χ1n) is 6.17. The number of likely N-dealkylation sites (N-methyl/N-ethyl adjacent to an activating group) is 1. The van der Waals surface area contributed by atoms with Crippen LogP contribution in [0.15, 0.2) is 18.2 Å². The molecule has 1 aliphatic rings. The van der Waals surface area contributed by atoms with E-state index in [1.165, 1.54) is 6.07 Å². The first-order chi connectivity index (χ1) is 8.40. The molecule has 0 unspecified atom stereocenters. The predicted molar refractivity (Wildman–Crippen MR) is 72.5 cm³/mol. The smallest absolute Gasteiger partial charge is 0.153 e. The lowest BCUT2D eigenvalue weighted by Crippen LogP contribution is -2.45. The maximum absolute atomic E-state index is 13.8. The molecule has 0 saturated heterocycles. The van der Waals surface area contributed by atoms with Gasteiger partial charge in [0.05, 0.1) is 11.1 Å². The maximum Gasteiger partial charge on any atom is 0.153 e. The molecule has 3 heteroatoms. The topological polar surface area (TPSA) is 20.3 Å². The van der Waals surface area contributed by atoms with Gasteiger partial charge in [-0.15, -0.1) is 0 Å². The first kappa shape index (κ1) is 12.8. The van der Waals surface area contributed by atoms with E-state index in [0.29, 0.717) is 6.29 Å². The van der Waals surface area contributed by atoms with Gasteiger partial charge in [0.2, 0.25) is 0 Å². The fraction of sp³-hybridized carbons (Fsp3) is 0.400. The molecule has 1 aromatic carbocycles. The van der Waals surface area contributed by atoms with E-state index in [2.05, 4.69) is 24.8 Å². The predicted octanol–water partition coefficient (Wildman–Crippen LogP) is 3.66. The highest BCUT2D eigenvalue weighted by Gasteiger charge is 2.30. The van der Waals surface area contributed by atoms with Crippen molar-refractivity contribution in [2.24, 2.45) is 0 Å². The molecule has 2 rings (SSSR count). The van der Waals surface area contributed by atoms with E-state index in [4.69, 9.17) is 0 Å². The maximum atomic E-state index is 13.8. The van der Waals surface area contributed by atoms with E-state index in [-0.39, 0.29) is 11.1 Å². The van der Waals surface area contributed by atoms with Crippen LogP contribution in [0, 0.1) is 5.82 Å². The Hall–Kier alpha value is -1.64. The number of hydrogen-bond acceptors (Lipinski definition) is 2. The van der Waals surface area contributed by atoms with Gasteiger partial charge in [0.25, 0.3) is 0 Å². The number of nitrogens with zero attached hydrogens (tertiary/aromatic N) is 1. The van der Waals surface area contributed by atoms with Crippen LogP contribution in [0.4, 0.5) is 10.1 Å². The molecule has 0 saturated carbocycles. The molecule has 0 amide bonds. The number of carbonyl (C=O) groups excluding carboxylic acids is 1. The van der Waals surface area contributed by atoms with Gasteiger partial charge in [-0.25, -0.2) is 4.39 Å². The second-order valence-electron chi connectivity index (χ2n) is 5.23. The molecule has 0 N–H and O–H groups in total. The Morgan fingerprint density at radius 1 is 1.39 bits per heavy atom. The molecular weight excluding hydrogens is 229 g/mol. The third-order valence-corrected chi connectivity index (χ3v) is 3.54. The number of benzene rings is 1. The number of allylic oxidation sites excluding steroid dienone is 1. The van der Waals surface area contributed by atoms with E-state index >= 15 is 0 Å². The van der Waals surface area contributed by atoms with Crippen LogP contribution in [0.5, 0.6) is 0 Å². The zero-order valence-electron chi connectivity index (χ0n) is 11.2. The lowest BCUT2D eigenvalue weighted by Gasteiger charge is -2.42. The van der Waals surface area contributed by atoms with Crippen molar-refractivity contribution in [2.45, 2.75) is 33.2 Å². The van der Waals surface area contributed by atoms with E-state index in [1.807, 2.05) is 13.8 Å². The van der Waals surface area contributed by atoms with Crippen molar-refractivity contribution in [3.63, 3.8) is 0 Å². The summed E-state index contributed by atoms with van der Waals surface area (Å²) < 4.78 is 13.8. The Morgan fingerprint density at radius 3 is 2.61 bits per heavy atom. The minimum Gasteiger partial charge on any atom is -0.363 e. The highest BCUT2D eigenvalue weighted by molar-refractivity contribution is 5.86. The fourth-order valence-corrected chi connectivity index (χ4v) is 2.78. The Morgan fingerprint density at radius 2 is 2.06 bits per heavy atom. The van der Waals surface area contributed by atoms with Crippen LogP contribution in [0.2, 0.25) is 0 Å². The summed E-state index contributed by atoms with van der Waals surface area (Å²) in [4.78, 5) is 13.0. The lowest BCUT2D eigenvalue weighted by atomic mass is 9.88. The Kier molecular flexibility index (Phi) is 3.01. The van der Waals surface area contributed by atoms with Crippen LogP contribution in [0.1, 0.15) is 43.6 Å². The highest BCUT2D eigenvalue weighted by atomic mass is 19.1. The van der Waals surface area contributed by atoms with Crippen molar-refractivity contribution < 1.29 is 9.18 Å². The fourth-order valence-electron chi connectivity index (χ4n) is 2.78. The molecule has 1 heterocycles. The second kappa shape index (κ2) is 4.23. The summed E-state index contributed by atoms with van der Waals surface area (Å²) in [6.07, 6.45) is 2.73. The molecule has 0 bridgehead atoms. The minimum atomic E-state index is -0.451. The van der Waals surface area contributed by atoms with Crippen molar-refractivity contribution >= 4 is 17.5 Å². The van der Waals surface area contributed by atoms with Gasteiger partial charge in [-0.2, -0.15) is 0 Å². The molecular formula is C15H18FNO. The second-order valence-corrected chi connectivity index (χ2v) is 5.23. The average molecular weight is 247 g/mol. The Balaban J connectivity index is 2.70. The van der Waals surface area contributed by atoms with Crippen LogP contribution >= 0.6 is 0 Å². The van der Waals surface area contributed by atoms with E-state index in [1.54, 1.807) is 6.07 Å². The van der Waals surface area contributed by atoms with Crippen molar-refractivity contribution in [3.05, 3.63) is 35.2 Å². The molecule has 2 nitrogen and oxygen atoms in total. The lowest BCUT2D eigenvalue weighted by molar-refractivity contribution is 0.112.